The summed E-state index contributed by atoms with van der Waals surface area (Å²) in [7, 11) is 0. The molecule has 0 radical (unpaired) electrons. The van der Waals surface area contributed by atoms with Gasteiger partial charge in [0.05, 0.1) is 16.5 Å². The number of aromatic nitrogens is 1. The molecule has 2 aromatic carbocycles. The van der Waals surface area contributed by atoms with Crippen molar-refractivity contribution in [2.75, 3.05) is 0 Å². The van der Waals surface area contributed by atoms with Gasteiger partial charge in [-0.3, -0.25) is 4.79 Å². The summed E-state index contributed by atoms with van der Waals surface area (Å²) in [6, 6.07) is 17.6. The Labute approximate surface area is 178 Å². The highest BCUT2D eigenvalue weighted by Gasteiger charge is 2.33. The van der Waals surface area contributed by atoms with Gasteiger partial charge in [-0.1, -0.05) is 54.8 Å². The molecule has 4 rings (SSSR count). The third kappa shape index (κ3) is 3.71. The van der Waals surface area contributed by atoms with E-state index in [1.807, 2.05) is 47.0 Å². The number of hydrogen-bond donors (Lipinski definition) is 1. The van der Waals surface area contributed by atoms with Crippen molar-refractivity contribution in [1.82, 2.24) is 4.57 Å². The van der Waals surface area contributed by atoms with Crippen molar-refractivity contribution in [3.8, 4) is 5.75 Å². The lowest BCUT2D eigenvalue weighted by molar-refractivity contribution is -0.136. The Morgan fingerprint density at radius 2 is 1.83 bits per heavy atom. The summed E-state index contributed by atoms with van der Waals surface area (Å²) >= 11 is 10.5. The molecule has 1 aromatic heterocycles. The zero-order valence-electron chi connectivity index (χ0n) is 15.3. The molecule has 2 heterocycles. The van der Waals surface area contributed by atoms with Crippen LogP contribution in [0.1, 0.15) is 34.9 Å². The maximum atomic E-state index is 14.2. The van der Waals surface area contributed by atoms with E-state index >= 15 is 0 Å². The fourth-order valence-corrected chi connectivity index (χ4v) is 3.98. The van der Waals surface area contributed by atoms with Crippen LogP contribution in [0.15, 0.2) is 60.7 Å². The van der Waals surface area contributed by atoms with E-state index in [1.165, 1.54) is 18.2 Å². The van der Waals surface area contributed by atoms with Gasteiger partial charge in [0.25, 0.3) is 0 Å². The largest absolute Gasteiger partial charge is 0.423 e. The van der Waals surface area contributed by atoms with Gasteiger partial charge in [0.2, 0.25) is 0 Å². The van der Waals surface area contributed by atoms with E-state index in [-0.39, 0.29) is 10.7 Å². The van der Waals surface area contributed by atoms with E-state index in [0.29, 0.717) is 18.5 Å². The van der Waals surface area contributed by atoms with Gasteiger partial charge in [0.1, 0.15) is 4.99 Å². The standard InChI is InChI=1S/C22H17FN2O2S2/c23-16-12-14(21(24)29)6-9-19(16)27-22(26)15-10-11-25-17(15)7-8-18(25)20(28)13-4-2-1-3-5-13/h1-9,12,15H,10-11H2,(H2,24,29). The SMILES string of the molecule is NC(=S)c1ccc(OC(=O)C2CCn3c(C(=S)c4ccccc4)ccc32)c(F)c1. The molecule has 29 heavy (non-hydrogen) atoms. The first-order chi connectivity index (χ1) is 14.0. The molecule has 0 aliphatic carbocycles. The van der Waals surface area contributed by atoms with Gasteiger partial charge in [-0.05, 0) is 42.3 Å². The smallest absolute Gasteiger partial charge is 0.320 e. The number of hydrogen-bond acceptors (Lipinski definition) is 4. The van der Waals surface area contributed by atoms with Gasteiger partial charge < -0.3 is 15.0 Å². The zero-order valence-corrected chi connectivity index (χ0v) is 16.9. The molecule has 0 bridgehead atoms. The first kappa shape index (κ1) is 19.4. The number of thiocarbonyl (C=S) groups is 2. The quantitative estimate of drug-likeness (QED) is 0.289. The molecule has 1 aliphatic rings. The predicted octanol–water partition coefficient (Wildman–Crippen LogP) is 4.12. The summed E-state index contributed by atoms with van der Waals surface area (Å²) in [5.41, 5.74) is 8.55. The molecule has 1 unspecified atom stereocenters. The highest BCUT2D eigenvalue weighted by molar-refractivity contribution is 7.81. The van der Waals surface area contributed by atoms with Gasteiger partial charge in [-0.15, -0.1) is 0 Å². The second-order valence-corrected chi connectivity index (χ2v) is 7.61. The number of rotatable bonds is 5. The van der Waals surface area contributed by atoms with E-state index in [1.54, 1.807) is 0 Å². The van der Waals surface area contributed by atoms with Crippen LogP contribution in [-0.4, -0.2) is 20.4 Å². The van der Waals surface area contributed by atoms with E-state index in [9.17, 15) is 9.18 Å². The van der Waals surface area contributed by atoms with Crippen LogP contribution in [0.2, 0.25) is 0 Å². The van der Waals surface area contributed by atoms with Crippen molar-refractivity contribution < 1.29 is 13.9 Å². The molecule has 0 amide bonds. The summed E-state index contributed by atoms with van der Waals surface area (Å²) in [6.07, 6.45) is 0.575. The number of carbonyl (C=O) groups excluding carboxylic acids is 1. The highest BCUT2D eigenvalue weighted by atomic mass is 32.1. The van der Waals surface area contributed by atoms with Crippen LogP contribution < -0.4 is 10.5 Å². The van der Waals surface area contributed by atoms with Crippen LogP contribution in [0, 0.1) is 5.82 Å². The average Bonchev–Trinajstić information content (AvgIpc) is 3.31. The van der Waals surface area contributed by atoms with E-state index in [0.717, 1.165) is 21.8 Å². The normalized spacial score (nSPS) is 15.0. The monoisotopic (exact) mass is 424 g/mol. The van der Waals surface area contributed by atoms with Gasteiger partial charge >= 0.3 is 5.97 Å². The topological polar surface area (TPSA) is 57.2 Å². The number of ether oxygens (including phenoxy) is 1. The third-order valence-electron chi connectivity index (χ3n) is 4.99. The number of halogens is 1. The predicted molar refractivity (Wildman–Crippen MR) is 117 cm³/mol. The fourth-order valence-electron chi connectivity index (χ4n) is 3.53. The highest BCUT2D eigenvalue weighted by Crippen LogP contribution is 2.33. The maximum absolute atomic E-state index is 14.2. The average molecular weight is 425 g/mol. The van der Waals surface area contributed by atoms with E-state index in [2.05, 4.69) is 0 Å². The Bertz CT molecular complexity index is 1130. The first-order valence-electron chi connectivity index (χ1n) is 9.06. The zero-order chi connectivity index (χ0) is 20.5. The van der Waals surface area contributed by atoms with Gasteiger partial charge in [-0.25, -0.2) is 4.39 Å². The first-order valence-corrected chi connectivity index (χ1v) is 9.87. The molecular weight excluding hydrogens is 407 g/mol. The summed E-state index contributed by atoms with van der Waals surface area (Å²) in [5, 5.41) is 0. The molecule has 0 saturated heterocycles. The van der Waals surface area contributed by atoms with E-state index < -0.39 is 17.7 Å². The maximum Gasteiger partial charge on any atom is 0.320 e. The number of carbonyl (C=O) groups is 1. The molecule has 1 atom stereocenters. The van der Waals surface area contributed by atoms with Crippen LogP contribution in [0.3, 0.4) is 0 Å². The van der Waals surface area contributed by atoms with Crippen molar-refractivity contribution in [2.45, 2.75) is 18.9 Å². The van der Waals surface area contributed by atoms with Gasteiger partial charge in [0.15, 0.2) is 11.6 Å². The minimum atomic E-state index is -0.678. The lowest BCUT2D eigenvalue weighted by atomic mass is 10.1. The summed E-state index contributed by atoms with van der Waals surface area (Å²) in [6.45, 7) is 0.646. The molecule has 2 N–H and O–H groups in total. The Balaban J connectivity index is 1.54. The van der Waals surface area contributed by atoms with Crippen LogP contribution in [0.25, 0.3) is 0 Å². The number of nitrogens with two attached hydrogens (primary N) is 1. The summed E-state index contributed by atoms with van der Waals surface area (Å²) < 4.78 is 21.6. The Hall–Kier alpha value is -2.90. The molecule has 3 aromatic rings. The van der Waals surface area contributed by atoms with Crippen LogP contribution in [-0.2, 0) is 11.3 Å². The van der Waals surface area contributed by atoms with E-state index in [4.69, 9.17) is 34.9 Å². The Kier molecular flexibility index (Phi) is 5.25. The number of fused-ring (bicyclic) bond motifs is 1. The van der Waals surface area contributed by atoms with Crippen LogP contribution in [0.4, 0.5) is 4.39 Å². The fraction of sp³-hybridized carbons (Fsp3) is 0.136. The molecule has 0 fully saturated rings. The summed E-state index contributed by atoms with van der Waals surface area (Å²) in [5.74, 6) is -1.79. The second-order valence-electron chi connectivity index (χ2n) is 6.76. The minimum absolute atomic E-state index is 0.0808. The van der Waals surface area contributed by atoms with Crippen molar-refractivity contribution >= 4 is 40.3 Å². The molecule has 0 spiro atoms. The third-order valence-corrected chi connectivity index (χ3v) is 5.67. The molecule has 7 heteroatoms. The van der Waals surface area contributed by atoms with Crippen molar-refractivity contribution in [2.24, 2.45) is 5.73 Å². The second kappa shape index (κ2) is 7.85. The summed E-state index contributed by atoms with van der Waals surface area (Å²) in [4.78, 5) is 13.5. The molecule has 0 saturated carbocycles. The molecule has 1 aliphatic heterocycles. The molecular formula is C22H17FN2O2S2. The van der Waals surface area contributed by atoms with Crippen molar-refractivity contribution in [3.05, 3.63) is 89.0 Å². The number of benzene rings is 2. The Morgan fingerprint density at radius 3 is 2.52 bits per heavy atom. The Morgan fingerprint density at radius 1 is 1.07 bits per heavy atom. The van der Waals surface area contributed by atoms with Crippen LogP contribution >= 0.6 is 24.4 Å². The van der Waals surface area contributed by atoms with Crippen molar-refractivity contribution in [3.63, 3.8) is 0 Å². The minimum Gasteiger partial charge on any atom is -0.423 e. The molecule has 146 valence electrons. The van der Waals surface area contributed by atoms with Gasteiger partial charge in [-0.2, -0.15) is 0 Å². The lowest BCUT2D eigenvalue weighted by Crippen LogP contribution is -2.18. The molecule has 4 nitrogen and oxygen atoms in total. The number of nitrogens with zero attached hydrogens (tertiary/aromatic N) is 1. The number of esters is 1. The van der Waals surface area contributed by atoms with Crippen molar-refractivity contribution in [1.29, 1.82) is 0 Å². The van der Waals surface area contributed by atoms with Gasteiger partial charge in [0, 0.05) is 17.8 Å². The van der Waals surface area contributed by atoms with Crippen LogP contribution in [0.5, 0.6) is 5.75 Å². The lowest BCUT2D eigenvalue weighted by Gasteiger charge is -2.11.